The highest BCUT2D eigenvalue weighted by Crippen LogP contribution is 2.21. The topological polar surface area (TPSA) is 84.2 Å². The van der Waals surface area contributed by atoms with Gasteiger partial charge in [0.25, 0.3) is 5.91 Å². The van der Waals surface area contributed by atoms with E-state index in [0.717, 1.165) is 27.9 Å². The second-order valence-electron chi connectivity index (χ2n) is 5.91. The third kappa shape index (κ3) is 5.59. The van der Waals surface area contributed by atoms with E-state index < -0.39 is 0 Å². The monoisotopic (exact) mass is 361 g/mol. The first kappa shape index (κ1) is 20.7. The van der Waals surface area contributed by atoms with Gasteiger partial charge in [0, 0.05) is 17.8 Å². The number of carbonyl (C=O) groups excluding carboxylic acids is 2. The quantitative estimate of drug-likeness (QED) is 0.765. The zero-order valence-corrected chi connectivity index (χ0v) is 15.5. The molecule has 0 spiro atoms. The molecule has 0 fully saturated rings. The summed E-state index contributed by atoms with van der Waals surface area (Å²) in [6.07, 6.45) is 0. The average molecular weight is 362 g/mol. The lowest BCUT2D eigenvalue weighted by Gasteiger charge is -2.13. The molecule has 2 rings (SSSR count). The third-order valence-electron chi connectivity index (χ3n) is 3.80. The number of nitrogens with two attached hydrogens (primary N) is 1. The van der Waals surface area contributed by atoms with Crippen molar-refractivity contribution >= 4 is 29.9 Å². The molecule has 2 amide bonds. The van der Waals surface area contributed by atoms with Crippen molar-refractivity contribution < 1.29 is 9.59 Å². The molecule has 0 unspecified atom stereocenters. The maximum atomic E-state index is 12.1. The lowest BCUT2D eigenvalue weighted by Crippen LogP contribution is -2.33. The molecule has 2 aromatic carbocycles. The fourth-order valence-corrected chi connectivity index (χ4v) is 2.62. The number of amides is 2. The molecule has 0 aromatic heterocycles. The SMILES string of the molecule is Cc1cc(C)c(NC(=O)CNC(=O)c2ccc(CN)cc2)c(C)c1.Cl. The summed E-state index contributed by atoms with van der Waals surface area (Å²) in [6, 6.07) is 11.0. The van der Waals surface area contributed by atoms with Gasteiger partial charge in [-0.25, -0.2) is 0 Å². The molecule has 6 heteroatoms. The highest BCUT2D eigenvalue weighted by molar-refractivity contribution is 5.99. The number of halogens is 1. The Balaban J connectivity index is 0.00000312. The first-order chi connectivity index (χ1) is 11.4. The van der Waals surface area contributed by atoms with E-state index in [1.165, 1.54) is 0 Å². The van der Waals surface area contributed by atoms with Crippen LogP contribution in [0.25, 0.3) is 0 Å². The van der Waals surface area contributed by atoms with Gasteiger partial charge in [-0.1, -0.05) is 29.8 Å². The van der Waals surface area contributed by atoms with Crippen LogP contribution in [0, 0.1) is 20.8 Å². The molecule has 0 aliphatic rings. The highest BCUT2D eigenvalue weighted by atomic mass is 35.5. The fourth-order valence-electron chi connectivity index (χ4n) is 2.62. The summed E-state index contributed by atoms with van der Waals surface area (Å²) in [4.78, 5) is 24.2. The average Bonchev–Trinajstić information content (AvgIpc) is 2.56. The minimum atomic E-state index is -0.286. The zero-order chi connectivity index (χ0) is 17.7. The summed E-state index contributed by atoms with van der Waals surface area (Å²) in [5, 5.41) is 5.49. The first-order valence-electron chi connectivity index (χ1n) is 7.85. The van der Waals surface area contributed by atoms with Crippen LogP contribution >= 0.6 is 12.4 Å². The van der Waals surface area contributed by atoms with E-state index in [1.807, 2.05) is 32.9 Å². The van der Waals surface area contributed by atoms with Gasteiger partial charge in [-0.2, -0.15) is 0 Å². The third-order valence-corrected chi connectivity index (χ3v) is 3.80. The van der Waals surface area contributed by atoms with Gasteiger partial charge in [-0.05, 0) is 49.6 Å². The molecule has 0 aliphatic carbocycles. The molecule has 0 saturated heterocycles. The number of nitrogens with one attached hydrogen (secondary N) is 2. The summed E-state index contributed by atoms with van der Waals surface area (Å²) in [6.45, 7) is 6.27. The van der Waals surface area contributed by atoms with E-state index in [4.69, 9.17) is 5.73 Å². The van der Waals surface area contributed by atoms with Crippen molar-refractivity contribution in [3.63, 3.8) is 0 Å². The predicted octanol–water partition coefficient (Wildman–Crippen LogP) is 2.86. The summed E-state index contributed by atoms with van der Waals surface area (Å²) >= 11 is 0. The molecular weight excluding hydrogens is 338 g/mol. The van der Waals surface area contributed by atoms with Gasteiger partial charge in [0.1, 0.15) is 0 Å². The van der Waals surface area contributed by atoms with E-state index >= 15 is 0 Å². The van der Waals surface area contributed by atoms with Crippen molar-refractivity contribution in [1.82, 2.24) is 5.32 Å². The standard InChI is InChI=1S/C19H23N3O2.ClH/c1-12-8-13(2)18(14(3)9-12)22-17(23)11-21-19(24)16-6-4-15(10-20)5-7-16;/h4-9H,10-11,20H2,1-3H3,(H,21,24)(H,22,23);1H. The molecule has 0 aliphatic heterocycles. The first-order valence-corrected chi connectivity index (χ1v) is 7.85. The number of anilines is 1. The minimum absolute atomic E-state index is 0. The Morgan fingerprint density at radius 1 is 1.00 bits per heavy atom. The van der Waals surface area contributed by atoms with Crippen molar-refractivity contribution in [1.29, 1.82) is 0 Å². The van der Waals surface area contributed by atoms with Crippen LogP contribution in [-0.2, 0) is 11.3 Å². The van der Waals surface area contributed by atoms with Gasteiger partial charge in [-0.15, -0.1) is 12.4 Å². The number of carbonyl (C=O) groups is 2. The predicted molar refractivity (Wildman–Crippen MR) is 103 cm³/mol. The molecule has 0 heterocycles. The fraction of sp³-hybridized carbons (Fsp3) is 0.263. The molecule has 4 N–H and O–H groups in total. The summed E-state index contributed by atoms with van der Waals surface area (Å²) in [7, 11) is 0. The number of benzene rings is 2. The van der Waals surface area contributed by atoms with Crippen LogP contribution in [0.1, 0.15) is 32.6 Å². The Morgan fingerprint density at radius 3 is 2.08 bits per heavy atom. The second-order valence-corrected chi connectivity index (χ2v) is 5.91. The van der Waals surface area contributed by atoms with Gasteiger partial charge >= 0.3 is 0 Å². The molecule has 134 valence electrons. The lowest BCUT2D eigenvalue weighted by atomic mass is 10.1. The summed E-state index contributed by atoms with van der Waals surface area (Å²) in [5.41, 5.74) is 10.9. The minimum Gasteiger partial charge on any atom is -0.343 e. The smallest absolute Gasteiger partial charge is 0.251 e. The number of hydrogen-bond acceptors (Lipinski definition) is 3. The van der Waals surface area contributed by atoms with Crippen LogP contribution in [0.5, 0.6) is 0 Å². The molecule has 25 heavy (non-hydrogen) atoms. The number of rotatable bonds is 5. The molecule has 0 bridgehead atoms. The summed E-state index contributed by atoms with van der Waals surface area (Å²) in [5.74, 6) is -0.539. The van der Waals surface area contributed by atoms with E-state index in [0.29, 0.717) is 12.1 Å². The molecule has 0 radical (unpaired) electrons. The van der Waals surface area contributed by atoms with Gasteiger partial charge < -0.3 is 16.4 Å². The van der Waals surface area contributed by atoms with Crippen LogP contribution in [0.2, 0.25) is 0 Å². The number of hydrogen-bond donors (Lipinski definition) is 3. The molecule has 0 saturated carbocycles. The zero-order valence-electron chi connectivity index (χ0n) is 14.7. The van der Waals surface area contributed by atoms with Gasteiger partial charge in [0.05, 0.1) is 6.54 Å². The van der Waals surface area contributed by atoms with Gasteiger partial charge in [-0.3, -0.25) is 9.59 Å². The molecule has 5 nitrogen and oxygen atoms in total. The maximum absolute atomic E-state index is 12.1. The maximum Gasteiger partial charge on any atom is 0.251 e. The Labute approximate surface area is 154 Å². The van der Waals surface area contributed by atoms with Gasteiger partial charge in [0.2, 0.25) is 5.91 Å². The number of aryl methyl sites for hydroxylation is 3. The van der Waals surface area contributed by atoms with Crippen LogP contribution in [-0.4, -0.2) is 18.4 Å². The van der Waals surface area contributed by atoms with E-state index in [9.17, 15) is 9.59 Å². The second kappa shape index (κ2) is 9.20. The highest BCUT2D eigenvalue weighted by Gasteiger charge is 2.11. The largest absolute Gasteiger partial charge is 0.343 e. The summed E-state index contributed by atoms with van der Waals surface area (Å²) < 4.78 is 0. The van der Waals surface area contributed by atoms with Crippen LogP contribution in [0.15, 0.2) is 36.4 Å². The molecular formula is C19H24ClN3O2. The van der Waals surface area contributed by atoms with Crippen molar-refractivity contribution in [2.75, 3.05) is 11.9 Å². The van der Waals surface area contributed by atoms with Gasteiger partial charge in [0.15, 0.2) is 0 Å². The van der Waals surface area contributed by atoms with Crippen LogP contribution in [0.3, 0.4) is 0 Å². The Morgan fingerprint density at radius 2 is 1.56 bits per heavy atom. The van der Waals surface area contributed by atoms with Crippen LogP contribution < -0.4 is 16.4 Å². The Bertz CT molecular complexity index is 735. The molecule has 2 aromatic rings. The van der Waals surface area contributed by atoms with Crippen molar-refractivity contribution in [2.24, 2.45) is 5.73 Å². The molecule has 0 atom stereocenters. The normalized spacial score (nSPS) is 9.92. The van der Waals surface area contributed by atoms with Crippen molar-refractivity contribution in [3.8, 4) is 0 Å². The van der Waals surface area contributed by atoms with Crippen molar-refractivity contribution in [2.45, 2.75) is 27.3 Å². The Kier molecular flexibility index (Phi) is 7.61. The lowest BCUT2D eigenvalue weighted by molar-refractivity contribution is -0.115. The van der Waals surface area contributed by atoms with E-state index in [1.54, 1.807) is 24.3 Å². The Hall–Kier alpha value is -2.37. The van der Waals surface area contributed by atoms with Crippen LogP contribution in [0.4, 0.5) is 5.69 Å². The van der Waals surface area contributed by atoms with E-state index in [2.05, 4.69) is 10.6 Å². The van der Waals surface area contributed by atoms with E-state index in [-0.39, 0.29) is 30.8 Å². The van der Waals surface area contributed by atoms with Crippen molar-refractivity contribution in [3.05, 3.63) is 64.2 Å².